The maximum absolute atomic E-state index is 9.25. The Morgan fingerprint density at radius 1 is 0.625 bits per heavy atom. The summed E-state index contributed by atoms with van der Waals surface area (Å²) in [6.45, 7) is 2.29. The average Bonchev–Trinajstić information content (AvgIpc) is 2.57. The standard InChI is InChI=1S/C22H38O.Ca.2H/c1-2-3-4-5-6-7-8-9-10-11-12-13-14-15-16-21-17-19-22(23)20-18-21;;;/h17-20,23H,2-16H2,1H3;;;/q;+2;2*-1. The normalized spacial score (nSPS) is 10.5. The minimum atomic E-state index is 0. The van der Waals surface area contributed by atoms with Crippen molar-refractivity contribution < 1.29 is 7.96 Å². The first-order valence-corrected chi connectivity index (χ1v) is 10.1. The second-order valence-electron chi connectivity index (χ2n) is 7.01. The number of aromatic hydroxyl groups is 1. The maximum Gasteiger partial charge on any atom is 2.00 e. The molecule has 0 aliphatic heterocycles. The van der Waals surface area contributed by atoms with Crippen molar-refractivity contribution in [3.8, 4) is 5.75 Å². The van der Waals surface area contributed by atoms with Gasteiger partial charge in [0.15, 0.2) is 0 Å². The SMILES string of the molecule is CCCCCCCCCCCCCCCCc1ccc(O)cc1.[Ca+2].[H-].[H-]. The van der Waals surface area contributed by atoms with E-state index in [0.29, 0.717) is 5.75 Å². The fourth-order valence-electron chi connectivity index (χ4n) is 3.19. The molecule has 1 N–H and O–H groups in total. The van der Waals surface area contributed by atoms with Gasteiger partial charge in [0.2, 0.25) is 0 Å². The summed E-state index contributed by atoms with van der Waals surface area (Å²) in [6, 6.07) is 7.66. The van der Waals surface area contributed by atoms with Crippen LogP contribution in [0.25, 0.3) is 0 Å². The smallest absolute Gasteiger partial charge is 1.00 e. The van der Waals surface area contributed by atoms with Crippen LogP contribution in [0.3, 0.4) is 0 Å². The molecule has 0 bridgehead atoms. The quantitative estimate of drug-likeness (QED) is 0.258. The summed E-state index contributed by atoms with van der Waals surface area (Å²) in [6.07, 6.45) is 20.9. The van der Waals surface area contributed by atoms with Crippen LogP contribution in [0.1, 0.15) is 105 Å². The Balaban J connectivity index is -0.00000176. The molecular formula is C22H40CaO. The van der Waals surface area contributed by atoms with Crippen LogP contribution in [-0.2, 0) is 6.42 Å². The molecule has 0 spiro atoms. The molecule has 0 atom stereocenters. The van der Waals surface area contributed by atoms with Crippen LogP contribution >= 0.6 is 0 Å². The van der Waals surface area contributed by atoms with Crippen molar-refractivity contribution in [2.24, 2.45) is 0 Å². The van der Waals surface area contributed by atoms with Crippen molar-refractivity contribution >= 4 is 37.7 Å². The molecule has 0 heterocycles. The van der Waals surface area contributed by atoms with Crippen molar-refractivity contribution in [3.05, 3.63) is 29.8 Å². The van der Waals surface area contributed by atoms with E-state index in [0.717, 1.165) is 6.42 Å². The van der Waals surface area contributed by atoms with E-state index >= 15 is 0 Å². The van der Waals surface area contributed by atoms with Gasteiger partial charge in [-0.2, -0.15) is 0 Å². The second-order valence-corrected chi connectivity index (χ2v) is 7.01. The number of unbranched alkanes of at least 4 members (excludes halogenated alkanes) is 13. The van der Waals surface area contributed by atoms with Gasteiger partial charge in [-0.05, 0) is 30.5 Å². The van der Waals surface area contributed by atoms with E-state index in [2.05, 4.69) is 6.92 Å². The summed E-state index contributed by atoms with van der Waals surface area (Å²) in [4.78, 5) is 0. The zero-order valence-corrected chi connectivity index (χ0v) is 18.3. The Kier molecular flexibility index (Phi) is 18.3. The summed E-state index contributed by atoms with van der Waals surface area (Å²) in [5, 5.41) is 9.25. The third kappa shape index (κ3) is 14.6. The van der Waals surface area contributed by atoms with Gasteiger partial charge in [0.1, 0.15) is 5.75 Å². The molecule has 1 nitrogen and oxygen atoms in total. The van der Waals surface area contributed by atoms with Crippen LogP contribution in [0.4, 0.5) is 0 Å². The third-order valence-electron chi connectivity index (χ3n) is 4.76. The van der Waals surface area contributed by atoms with Crippen molar-refractivity contribution in [1.29, 1.82) is 0 Å². The van der Waals surface area contributed by atoms with Gasteiger partial charge in [-0.3, -0.25) is 0 Å². The molecule has 0 radical (unpaired) electrons. The van der Waals surface area contributed by atoms with Crippen LogP contribution < -0.4 is 0 Å². The van der Waals surface area contributed by atoms with E-state index in [9.17, 15) is 5.11 Å². The first kappa shape index (κ1) is 24.3. The number of aryl methyl sites for hydroxylation is 1. The predicted molar refractivity (Wildman–Crippen MR) is 110 cm³/mol. The molecule has 136 valence electrons. The Morgan fingerprint density at radius 3 is 1.42 bits per heavy atom. The summed E-state index contributed by atoms with van der Waals surface area (Å²) >= 11 is 0. The number of phenolic OH excluding ortho intramolecular Hbond substituents is 1. The van der Waals surface area contributed by atoms with Gasteiger partial charge < -0.3 is 7.96 Å². The third-order valence-corrected chi connectivity index (χ3v) is 4.76. The molecule has 0 aliphatic rings. The van der Waals surface area contributed by atoms with E-state index in [1.807, 2.05) is 12.1 Å². The Labute approximate surface area is 183 Å². The van der Waals surface area contributed by atoms with Gasteiger partial charge in [0.25, 0.3) is 0 Å². The predicted octanol–water partition coefficient (Wildman–Crippen LogP) is 7.26. The monoisotopic (exact) mass is 360 g/mol. The number of hydrogen-bond acceptors (Lipinski definition) is 1. The van der Waals surface area contributed by atoms with Gasteiger partial charge in [-0.1, -0.05) is 103 Å². The molecular weight excluding hydrogens is 320 g/mol. The number of hydrogen-bond donors (Lipinski definition) is 1. The molecule has 0 saturated carbocycles. The van der Waals surface area contributed by atoms with Crippen LogP contribution in [-0.4, -0.2) is 42.8 Å². The minimum Gasteiger partial charge on any atom is -1.00 e. The molecule has 1 aromatic rings. The fraction of sp³-hybridized carbons (Fsp3) is 0.727. The summed E-state index contributed by atoms with van der Waals surface area (Å²) in [5.41, 5.74) is 1.35. The van der Waals surface area contributed by atoms with E-state index in [-0.39, 0.29) is 40.6 Å². The second kappa shape index (κ2) is 18.1. The zero-order valence-electron chi connectivity index (χ0n) is 18.1. The first-order valence-electron chi connectivity index (χ1n) is 10.1. The maximum atomic E-state index is 9.25. The molecule has 1 rings (SSSR count). The summed E-state index contributed by atoms with van der Waals surface area (Å²) < 4.78 is 0. The largest absolute Gasteiger partial charge is 2.00 e. The molecule has 0 unspecified atom stereocenters. The summed E-state index contributed by atoms with van der Waals surface area (Å²) in [5.74, 6) is 0.370. The Bertz CT molecular complexity index is 371. The van der Waals surface area contributed by atoms with Crippen molar-refractivity contribution in [2.75, 3.05) is 0 Å². The van der Waals surface area contributed by atoms with Gasteiger partial charge in [-0.15, -0.1) is 0 Å². The van der Waals surface area contributed by atoms with Gasteiger partial charge in [-0.25, -0.2) is 0 Å². The number of benzene rings is 1. The number of phenols is 1. The molecule has 0 aliphatic carbocycles. The van der Waals surface area contributed by atoms with Crippen molar-refractivity contribution in [2.45, 2.75) is 103 Å². The Hall–Kier alpha value is 0.280. The van der Waals surface area contributed by atoms with Gasteiger partial charge in [0, 0.05) is 0 Å². The van der Waals surface area contributed by atoms with E-state index in [1.54, 1.807) is 12.1 Å². The molecule has 0 aromatic heterocycles. The van der Waals surface area contributed by atoms with Crippen LogP contribution in [0.5, 0.6) is 5.75 Å². The van der Waals surface area contributed by atoms with Gasteiger partial charge >= 0.3 is 37.7 Å². The fourth-order valence-corrected chi connectivity index (χ4v) is 3.19. The van der Waals surface area contributed by atoms with E-state index in [4.69, 9.17) is 0 Å². The zero-order chi connectivity index (χ0) is 16.6. The average molecular weight is 361 g/mol. The van der Waals surface area contributed by atoms with Crippen LogP contribution in [0.15, 0.2) is 24.3 Å². The molecule has 24 heavy (non-hydrogen) atoms. The minimum absolute atomic E-state index is 0. The van der Waals surface area contributed by atoms with E-state index < -0.39 is 0 Å². The molecule has 1 aromatic carbocycles. The topological polar surface area (TPSA) is 20.2 Å². The molecule has 0 saturated heterocycles. The van der Waals surface area contributed by atoms with Crippen LogP contribution in [0.2, 0.25) is 0 Å². The summed E-state index contributed by atoms with van der Waals surface area (Å²) in [7, 11) is 0. The van der Waals surface area contributed by atoms with Crippen molar-refractivity contribution in [3.63, 3.8) is 0 Å². The number of rotatable bonds is 15. The first-order chi connectivity index (χ1) is 11.3. The van der Waals surface area contributed by atoms with Crippen LogP contribution in [0, 0.1) is 0 Å². The van der Waals surface area contributed by atoms with E-state index in [1.165, 1.54) is 95.5 Å². The molecule has 0 fully saturated rings. The molecule has 0 amide bonds. The Morgan fingerprint density at radius 2 is 1.00 bits per heavy atom. The van der Waals surface area contributed by atoms with Gasteiger partial charge in [0.05, 0.1) is 0 Å². The molecule has 2 heteroatoms. The van der Waals surface area contributed by atoms with Crippen molar-refractivity contribution in [1.82, 2.24) is 0 Å².